The number of ketones is 2. The first-order valence-corrected chi connectivity index (χ1v) is 8.37. The second kappa shape index (κ2) is 7.81. The topological polar surface area (TPSA) is 125 Å². The minimum Gasteiger partial charge on any atom is -0.487 e. The molecule has 8 nitrogen and oxygen atoms in total. The van der Waals surface area contributed by atoms with Crippen molar-refractivity contribution in [2.75, 3.05) is 12.3 Å². The van der Waals surface area contributed by atoms with Crippen molar-refractivity contribution in [2.45, 2.75) is 45.3 Å². The molecule has 0 fully saturated rings. The number of amides is 1. The van der Waals surface area contributed by atoms with E-state index in [1.165, 1.54) is 19.1 Å². The number of rotatable bonds is 6. The van der Waals surface area contributed by atoms with Crippen molar-refractivity contribution in [3.63, 3.8) is 0 Å². The number of nitrogens with one attached hydrogen (secondary N) is 1. The molecule has 0 saturated heterocycles. The van der Waals surface area contributed by atoms with E-state index < -0.39 is 29.2 Å². The number of ether oxygens (including phenoxy) is 2. The largest absolute Gasteiger partial charge is 0.487 e. The van der Waals surface area contributed by atoms with Crippen LogP contribution in [0, 0.1) is 0 Å². The quantitative estimate of drug-likeness (QED) is 0.335. The van der Waals surface area contributed by atoms with Gasteiger partial charge in [0.15, 0.2) is 17.4 Å². The number of carbonyl (C=O) groups is 4. The molecule has 3 N–H and O–H groups in total. The Labute approximate surface area is 158 Å². The summed E-state index contributed by atoms with van der Waals surface area (Å²) in [6.07, 6.45) is -0.0695. The molecule has 2 rings (SSSR count). The van der Waals surface area contributed by atoms with Crippen LogP contribution in [0.1, 0.15) is 54.3 Å². The Bertz CT molecular complexity index is 805. The maximum absolute atomic E-state index is 12.7. The summed E-state index contributed by atoms with van der Waals surface area (Å²) in [5.41, 5.74) is 5.75. The first-order valence-electron chi connectivity index (χ1n) is 8.37. The number of hydrogen-bond donors (Lipinski definition) is 2. The molecule has 1 aliphatic rings. The summed E-state index contributed by atoms with van der Waals surface area (Å²) in [7, 11) is 5.09. The molecule has 142 valence electrons. The zero-order chi connectivity index (χ0) is 20.4. The van der Waals surface area contributed by atoms with E-state index in [-0.39, 0.29) is 42.0 Å². The van der Waals surface area contributed by atoms with E-state index >= 15 is 0 Å². The Hall–Kier alpha value is -2.84. The van der Waals surface area contributed by atoms with Crippen LogP contribution in [0.5, 0.6) is 5.75 Å². The lowest BCUT2D eigenvalue weighted by Crippen LogP contribution is -2.40. The number of fused-ring (bicyclic) bond motifs is 1. The molecule has 0 bridgehead atoms. The third-order valence-corrected chi connectivity index (χ3v) is 4.03. The Morgan fingerprint density at radius 3 is 2.63 bits per heavy atom. The molecule has 1 amide bonds. The van der Waals surface area contributed by atoms with Crippen LogP contribution < -0.4 is 15.8 Å². The van der Waals surface area contributed by atoms with Crippen molar-refractivity contribution >= 4 is 36.9 Å². The Balaban J connectivity index is 2.25. The van der Waals surface area contributed by atoms with Crippen LogP contribution in [0.3, 0.4) is 0 Å². The third-order valence-electron chi connectivity index (χ3n) is 4.03. The zero-order valence-corrected chi connectivity index (χ0v) is 15.5. The van der Waals surface area contributed by atoms with Gasteiger partial charge >= 0.3 is 5.97 Å². The summed E-state index contributed by atoms with van der Waals surface area (Å²) in [5.74, 6) is -1.72. The fourth-order valence-corrected chi connectivity index (χ4v) is 2.93. The highest BCUT2D eigenvalue weighted by molar-refractivity contribution is 6.57. The number of hydrogen-bond acceptors (Lipinski definition) is 7. The molecule has 0 aromatic heterocycles. The summed E-state index contributed by atoms with van der Waals surface area (Å²) in [4.78, 5) is 47.2. The molecule has 0 saturated carbocycles. The highest BCUT2D eigenvalue weighted by atomic mass is 16.5. The van der Waals surface area contributed by atoms with E-state index in [0.29, 0.717) is 5.75 Å². The van der Waals surface area contributed by atoms with Crippen molar-refractivity contribution in [1.82, 2.24) is 5.32 Å². The van der Waals surface area contributed by atoms with Gasteiger partial charge in [-0.05, 0) is 26.0 Å². The second-order valence-corrected chi connectivity index (χ2v) is 7.00. The minimum atomic E-state index is -0.857. The SMILES string of the molecule is [B]C(=O)N[C@@H](COC(C)=O)CC(=O)c1ccc2c(c1N)C(=O)CC(C)(C)O2. The predicted octanol–water partition coefficient (Wildman–Crippen LogP) is 1.40. The van der Waals surface area contributed by atoms with Crippen LogP contribution >= 0.6 is 0 Å². The molecule has 1 atom stereocenters. The van der Waals surface area contributed by atoms with Gasteiger partial charge in [-0.3, -0.25) is 19.2 Å². The predicted molar refractivity (Wildman–Crippen MR) is 98.2 cm³/mol. The maximum Gasteiger partial charge on any atom is 0.302 e. The lowest BCUT2D eigenvalue weighted by Gasteiger charge is -2.32. The van der Waals surface area contributed by atoms with Crippen LogP contribution in [-0.4, -0.2) is 49.4 Å². The molecular formula is C18H21BN2O6. The van der Waals surface area contributed by atoms with Gasteiger partial charge in [0.1, 0.15) is 18.0 Å². The van der Waals surface area contributed by atoms with Crippen LogP contribution in [-0.2, 0) is 9.53 Å². The molecule has 2 radical (unpaired) electrons. The molecule has 1 aromatic rings. The number of carbonyl (C=O) groups excluding carboxylic acids is 4. The normalized spacial score (nSPS) is 15.9. The average molecular weight is 372 g/mol. The van der Waals surface area contributed by atoms with E-state index in [1.807, 2.05) is 0 Å². The standard InChI is InChI=1S/C18H21BN2O6/c1-9(22)26-8-10(21-17(19)25)6-12(23)11-4-5-14-15(16(11)20)13(24)7-18(2,3)27-14/h4-5,10H,6-8,20H2,1-3H3,(H,21,25)/t10-/m1/s1. The molecular weight excluding hydrogens is 351 g/mol. The molecule has 1 aliphatic heterocycles. The Kier molecular flexibility index (Phi) is 5.93. The number of anilines is 1. The third kappa shape index (κ3) is 5.09. The summed E-state index contributed by atoms with van der Waals surface area (Å²) < 4.78 is 10.6. The van der Waals surface area contributed by atoms with Gasteiger partial charge in [0.2, 0.25) is 7.85 Å². The number of benzene rings is 1. The molecule has 9 heteroatoms. The summed E-state index contributed by atoms with van der Waals surface area (Å²) in [5, 5.41) is 2.35. The zero-order valence-electron chi connectivity index (χ0n) is 15.5. The van der Waals surface area contributed by atoms with Gasteiger partial charge in [-0.25, -0.2) is 0 Å². The van der Waals surface area contributed by atoms with E-state index in [2.05, 4.69) is 5.32 Å². The molecule has 1 aromatic carbocycles. The van der Waals surface area contributed by atoms with Gasteiger partial charge in [0.25, 0.3) is 0 Å². The number of Topliss-reactive ketones (excluding diaryl/α,β-unsaturated/α-hetero) is 2. The maximum atomic E-state index is 12.7. The van der Waals surface area contributed by atoms with E-state index in [1.54, 1.807) is 13.8 Å². The number of esters is 1. The molecule has 27 heavy (non-hydrogen) atoms. The monoisotopic (exact) mass is 372 g/mol. The van der Waals surface area contributed by atoms with Gasteiger partial charge in [0, 0.05) is 18.9 Å². The van der Waals surface area contributed by atoms with Crippen LogP contribution in [0.25, 0.3) is 0 Å². The van der Waals surface area contributed by atoms with Crippen molar-refractivity contribution in [2.24, 2.45) is 0 Å². The van der Waals surface area contributed by atoms with E-state index in [0.717, 1.165) is 0 Å². The average Bonchev–Trinajstić information content (AvgIpc) is 2.50. The lowest BCUT2D eigenvalue weighted by atomic mass is 9.89. The molecule has 0 unspecified atom stereocenters. The van der Waals surface area contributed by atoms with Gasteiger partial charge in [-0.15, -0.1) is 0 Å². The van der Waals surface area contributed by atoms with Crippen molar-refractivity contribution in [1.29, 1.82) is 0 Å². The summed E-state index contributed by atoms with van der Waals surface area (Å²) >= 11 is 0. The van der Waals surface area contributed by atoms with Crippen LogP contribution in [0.2, 0.25) is 0 Å². The Morgan fingerprint density at radius 1 is 1.37 bits per heavy atom. The van der Waals surface area contributed by atoms with Gasteiger partial charge < -0.3 is 20.5 Å². The lowest BCUT2D eigenvalue weighted by molar-refractivity contribution is -0.141. The first kappa shape index (κ1) is 20.5. The first-order chi connectivity index (χ1) is 12.5. The second-order valence-electron chi connectivity index (χ2n) is 7.00. The fourth-order valence-electron chi connectivity index (χ4n) is 2.93. The number of nitrogen functional groups attached to an aromatic ring is 1. The van der Waals surface area contributed by atoms with Crippen molar-refractivity contribution in [3.8, 4) is 5.75 Å². The van der Waals surface area contributed by atoms with E-state index in [4.69, 9.17) is 23.1 Å². The van der Waals surface area contributed by atoms with Crippen molar-refractivity contribution in [3.05, 3.63) is 23.3 Å². The number of nitrogens with two attached hydrogens (primary N) is 1. The molecule has 1 heterocycles. The minimum absolute atomic E-state index is 0.0308. The highest BCUT2D eigenvalue weighted by Crippen LogP contribution is 2.38. The Morgan fingerprint density at radius 2 is 2.04 bits per heavy atom. The highest BCUT2D eigenvalue weighted by Gasteiger charge is 2.35. The van der Waals surface area contributed by atoms with Crippen LogP contribution in [0.4, 0.5) is 10.5 Å². The van der Waals surface area contributed by atoms with Gasteiger partial charge in [-0.2, -0.15) is 0 Å². The summed E-state index contributed by atoms with van der Waals surface area (Å²) in [6, 6.07) is 2.18. The molecule has 0 spiro atoms. The smallest absolute Gasteiger partial charge is 0.302 e. The summed E-state index contributed by atoms with van der Waals surface area (Å²) in [6.45, 7) is 4.57. The van der Waals surface area contributed by atoms with Crippen LogP contribution in [0.15, 0.2) is 12.1 Å². The van der Waals surface area contributed by atoms with E-state index in [9.17, 15) is 19.2 Å². The van der Waals surface area contributed by atoms with Gasteiger partial charge in [0.05, 0.1) is 23.7 Å². The van der Waals surface area contributed by atoms with Crippen molar-refractivity contribution < 1.29 is 28.7 Å². The fraction of sp³-hybridized carbons (Fsp3) is 0.444. The van der Waals surface area contributed by atoms with Gasteiger partial charge in [-0.1, -0.05) is 0 Å². The molecule has 0 aliphatic carbocycles.